The highest BCUT2D eigenvalue weighted by Gasteiger charge is 2.10. The first-order chi connectivity index (χ1) is 10.1. The van der Waals surface area contributed by atoms with Crippen LogP contribution in [0.1, 0.15) is 15.9 Å². The molecule has 5 nitrogen and oxygen atoms in total. The Balaban J connectivity index is 1.82. The summed E-state index contributed by atoms with van der Waals surface area (Å²) in [6.07, 6.45) is 1.72. The van der Waals surface area contributed by atoms with Crippen LogP contribution < -0.4 is 5.32 Å². The number of carboxylic acid groups (broad SMARTS) is 1. The first-order valence-electron chi connectivity index (χ1n) is 6.35. The number of hydrogen-bond donors (Lipinski definition) is 3. The van der Waals surface area contributed by atoms with Crippen LogP contribution in [-0.4, -0.2) is 20.6 Å². The van der Waals surface area contributed by atoms with Crippen molar-refractivity contribution in [1.29, 1.82) is 0 Å². The van der Waals surface area contributed by atoms with Crippen LogP contribution in [0.5, 0.6) is 0 Å². The lowest BCUT2D eigenvalue weighted by molar-refractivity contribution is 0.0697. The third kappa shape index (κ3) is 2.71. The van der Waals surface area contributed by atoms with Crippen molar-refractivity contribution in [2.75, 3.05) is 5.32 Å². The minimum Gasteiger partial charge on any atom is -0.478 e. The average Bonchev–Trinajstić information content (AvgIpc) is 2.92. The second-order valence-electron chi connectivity index (χ2n) is 4.54. The number of aromatic carboxylic acids is 1. The Morgan fingerprint density at radius 2 is 1.90 bits per heavy atom. The molecule has 0 saturated heterocycles. The summed E-state index contributed by atoms with van der Waals surface area (Å²) in [5, 5.41) is 12.1. The maximum Gasteiger partial charge on any atom is 0.335 e. The molecule has 0 fully saturated rings. The predicted molar refractivity (Wildman–Crippen MR) is 84.8 cm³/mol. The lowest BCUT2D eigenvalue weighted by atomic mass is 10.2. The standard InChI is InChI=1S/C15H13N3O2S/c19-14(20)10-5-7-11(8-6-10)17-15(21)18-9-16-12-3-1-2-4-13(12)18/h1-9,15,17,21H,(H,19,20). The number of fused-ring (bicyclic) bond motifs is 1. The summed E-state index contributed by atoms with van der Waals surface area (Å²) >= 11 is 4.53. The number of aromatic nitrogens is 2. The van der Waals surface area contributed by atoms with Gasteiger partial charge in [0, 0.05) is 5.69 Å². The zero-order valence-corrected chi connectivity index (χ0v) is 11.9. The van der Waals surface area contributed by atoms with Crippen molar-refractivity contribution in [2.45, 2.75) is 5.50 Å². The fraction of sp³-hybridized carbons (Fsp3) is 0.0667. The van der Waals surface area contributed by atoms with Crippen LogP contribution in [0, 0.1) is 0 Å². The van der Waals surface area contributed by atoms with Gasteiger partial charge in [-0.05, 0) is 36.4 Å². The van der Waals surface area contributed by atoms with E-state index < -0.39 is 5.97 Å². The number of rotatable bonds is 4. The van der Waals surface area contributed by atoms with Crippen LogP contribution in [0.15, 0.2) is 54.9 Å². The third-order valence-electron chi connectivity index (χ3n) is 3.17. The summed E-state index contributed by atoms with van der Waals surface area (Å²) in [5.74, 6) is -0.940. The Hall–Kier alpha value is -2.47. The Bertz CT molecular complexity index is 783. The summed E-state index contributed by atoms with van der Waals surface area (Å²) in [6, 6.07) is 14.3. The number of anilines is 1. The monoisotopic (exact) mass is 299 g/mol. The highest BCUT2D eigenvalue weighted by molar-refractivity contribution is 7.80. The second-order valence-corrected chi connectivity index (χ2v) is 5.03. The molecular weight excluding hydrogens is 286 g/mol. The van der Waals surface area contributed by atoms with Gasteiger partial charge in [0.25, 0.3) is 0 Å². The molecule has 3 rings (SSSR count). The summed E-state index contributed by atoms with van der Waals surface area (Å²) in [6.45, 7) is 0. The van der Waals surface area contributed by atoms with Gasteiger partial charge >= 0.3 is 5.97 Å². The van der Waals surface area contributed by atoms with Gasteiger partial charge in [0.1, 0.15) is 0 Å². The third-order valence-corrected chi connectivity index (χ3v) is 3.55. The molecule has 2 aromatic carbocycles. The van der Waals surface area contributed by atoms with Gasteiger partial charge in [0.15, 0.2) is 5.50 Å². The normalized spacial score (nSPS) is 12.2. The molecule has 0 bridgehead atoms. The molecule has 0 aliphatic heterocycles. The summed E-state index contributed by atoms with van der Waals surface area (Å²) in [7, 11) is 0. The van der Waals surface area contributed by atoms with Gasteiger partial charge < -0.3 is 15.0 Å². The maximum absolute atomic E-state index is 10.8. The number of hydrogen-bond acceptors (Lipinski definition) is 4. The van der Waals surface area contributed by atoms with Gasteiger partial charge in [-0.25, -0.2) is 9.78 Å². The van der Waals surface area contributed by atoms with Crippen molar-refractivity contribution in [3.8, 4) is 0 Å². The predicted octanol–water partition coefficient (Wildman–Crippen LogP) is 3.23. The van der Waals surface area contributed by atoms with Crippen molar-refractivity contribution in [1.82, 2.24) is 9.55 Å². The molecular formula is C15H13N3O2S. The molecule has 0 radical (unpaired) electrons. The van der Waals surface area contributed by atoms with E-state index in [2.05, 4.69) is 22.9 Å². The number of carbonyl (C=O) groups is 1. The number of nitrogens with zero attached hydrogens (tertiary/aromatic N) is 2. The molecule has 1 atom stereocenters. The fourth-order valence-electron chi connectivity index (χ4n) is 2.10. The molecule has 0 aliphatic rings. The number of benzene rings is 2. The quantitative estimate of drug-likeness (QED) is 0.511. The fourth-order valence-corrected chi connectivity index (χ4v) is 2.43. The van der Waals surface area contributed by atoms with Crippen LogP contribution in [0.2, 0.25) is 0 Å². The molecule has 1 heterocycles. The van der Waals surface area contributed by atoms with Crippen molar-refractivity contribution in [2.24, 2.45) is 0 Å². The summed E-state index contributed by atoms with van der Waals surface area (Å²) in [5.41, 5.74) is 2.63. The van der Waals surface area contributed by atoms with E-state index in [0.29, 0.717) is 0 Å². The molecule has 6 heteroatoms. The highest BCUT2D eigenvalue weighted by atomic mass is 32.1. The van der Waals surface area contributed by atoms with E-state index >= 15 is 0 Å². The molecule has 0 aliphatic carbocycles. The Morgan fingerprint density at radius 1 is 1.19 bits per heavy atom. The van der Waals surface area contributed by atoms with E-state index in [1.165, 1.54) is 0 Å². The van der Waals surface area contributed by atoms with Crippen LogP contribution in [0.3, 0.4) is 0 Å². The number of nitrogens with one attached hydrogen (secondary N) is 1. The van der Waals surface area contributed by atoms with Crippen LogP contribution >= 0.6 is 12.6 Å². The largest absolute Gasteiger partial charge is 0.478 e. The van der Waals surface area contributed by atoms with Crippen LogP contribution in [0.25, 0.3) is 11.0 Å². The average molecular weight is 299 g/mol. The number of imidazole rings is 1. The van der Waals surface area contributed by atoms with Crippen molar-refractivity contribution < 1.29 is 9.90 Å². The number of para-hydroxylation sites is 2. The lowest BCUT2D eigenvalue weighted by Gasteiger charge is -2.16. The van der Waals surface area contributed by atoms with E-state index in [4.69, 9.17) is 5.11 Å². The minimum absolute atomic E-state index is 0.254. The lowest BCUT2D eigenvalue weighted by Crippen LogP contribution is -2.11. The van der Waals surface area contributed by atoms with Gasteiger partial charge in [0.2, 0.25) is 0 Å². The summed E-state index contributed by atoms with van der Waals surface area (Å²) < 4.78 is 1.91. The van der Waals surface area contributed by atoms with E-state index in [-0.39, 0.29) is 11.1 Å². The maximum atomic E-state index is 10.8. The molecule has 0 spiro atoms. The van der Waals surface area contributed by atoms with Gasteiger partial charge in [-0.15, -0.1) is 12.6 Å². The molecule has 2 N–H and O–H groups in total. The molecule has 21 heavy (non-hydrogen) atoms. The van der Waals surface area contributed by atoms with Gasteiger partial charge in [-0.2, -0.15) is 0 Å². The SMILES string of the molecule is O=C(O)c1ccc(NC(S)n2cnc3ccccc32)cc1. The zero-order chi connectivity index (χ0) is 14.8. The first-order valence-corrected chi connectivity index (χ1v) is 6.86. The molecule has 0 amide bonds. The summed E-state index contributed by atoms with van der Waals surface area (Å²) in [4.78, 5) is 15.1. The second kappa shape index (κ2) is 5.49. The highest BCUT2D eigenvalue weighted by Crippen LogP contribution is 2.22. The van der Waals surface area contributed by atoms with E-state index in [1.54, 1.807) is 30.6 Å². The Morgan fingerprint density at radius 3 is 2.62 bits per heavy atom. The number of carboxylic acids is 1. The van der Waals surface area contributed by atoms with Crippen LogP contribution in [-0.2, 0) is 0 Å². The van der Waals surface area contributed by atoms with Gasteiger partial charge in [-0.3, -0.25) is 0 Å². The molecule has 1 unspecified atom stereocenters. The van der Waals surface area contributed by atoms with Gasteiger partial charge in [-0.1, -0.05) is 12.1 Å². The van der Waals surface area contributed by atoms with Crippen LogP contribution in [0.4, 0.5) is 5.69 Å². The van der Waals surface area contributed by atoms with Crippen molar-refractivity contribution in [3.63, 3.8) is 0 Å². The Kier molecular flexibility index (Phi) is 3.53. The van der Waals surface area contributed by atoms with E-state index in [0.717, 1.165) is 16.7 Å². The first kappa shape index (κ1) is 13.5. The topological polar surface area (TPSA) is 67.2 Å². The number of thiol groups is 1. The molecule has 3 aromatic rings. The smallest absolute Gasteiger partial charge is 0.335 e. The zero-order valence-electron chi connectivity index (χ0n) is 11.0. The molecule has 1 aromatic heterocycles. The van der Waals surface area contributed by atoms with Gasteiger partial charge in [0.05, 0.1) is 22.9 Å². The van der Waals surface area contributed by atoms with E-state index in [9.17, 15) is 4.79 Å². The minimum atomic E-state index is -0.940. The Labute approximate surface area is 126 Å². The van der Waals surface area contributed by atoms with E-state index in [1.807, 2.05) is 28.8 Å². The molecule has 106 valence electrons. The molecule has 0 saturated carbocycles. The van der Waals surface area contributed by atoms with Crippen molar-refractivity contribution >= 4 is 35.3 Å². The van der Waals surface area contributed by atoms with Crippen molar-refractivity contribution in [3.05, 3.63) is 60.4 Å².